The zero-order chi connectivity index (χ0) is 18.4. The number of amides is 2. The van der Waals surface area contributed by atoms with Gasteiger partial charge >= 0.3 is 17.8 Å². The highest BCUT2D eigenvalue weighted by Gasteiger charge is 2.22. The zero-order valence-electron chi connectivity index (χ0n) is 14.4. The van der Waals surface area contributed by atoms with Crippen LogP contribution in [0.15, 0.2) is 18.2 Å². The number of nitrogens with zero attached hydrogens (tertiary/aromatic N) is 1. The predicted molar refractivity (Wildman–Crippen MR) is 92.5 cm³/mol. The van der Waals surface area contributed by atoms with Gasteiger partial charge < -0.3 is 25.4 Å². The van der Waals surface area contributed by atoms with Gasteiger partial charge in [0.2, 0.25) is 0 Å². The van der Waals surface area contributed by atoms with E-state index in [4.69, 9.17) is 9.84 Å². The van der Waals surface area contributed by atoms with Crippen molar-refractivity contribution in [2.45, 2.75) is 25.8 Å². The Morgan fingerprint density at radius 3 is 2.52 bits per heavy atom. The number of hydrogen-bond donors (Lipinski definition) is 3. The molecule has 1 fully saturated rings. The van der Waals surface area contributed by atoms with Gasteiger partial charge in [-0.15, -0.1) is 0 Å². The van der Waals surface area contributed by atoms with Gasteiger partial charge in [0.15, 0.2) is 0 Å². The Hall–Kier alpha value is -2.61. The Bertz CT molecular complexity index is 656. The van der Waals surface area contributed by atoms with Crippen LogP contribution in [-0.4, -0.2) is 55.7 Å². The molecule has 1 aliphatic heterocycles. The van der Waals surface area contributed by atoms with Gasteiger partial charge in [-0.2, -0.15) is 0 Å². The highest BCUT2D eigenvalue weighted by molar-refractivity contribution is 6.40. The Morgan fingerprint density at radius 1 is 1.24 bits per heavy atom. The fraction of sp³-hybridized carbons (Fsp3) is 0.471. The van der Waals surface area contributed by atoms with E-state index in [1.165, 1.54) is 13.2 Å². The maximum absolute atomic E-state index is 12.1. The van der Waals surface area contributed by atoms with Crippen LogP contribution in [0, 0.1) is 0 Å². The second-order valence-corrected chi connectivity index (χ2v) is 5.93. The molecule has 3 N–H and O–H groups in total. The van der Waals surface area contributed by atoms with Crippen LogP contribution in [0.5, 0.6) is 0 Å². The van der Waals surface area contributed by atoms with Gasteiger partial charge in [0.05, 0.1) is 30.7 Å². The normalized spacial score (nSPS) is 14.8. The number of rotatable bonds is 5. The molecule has 1 atom stereocenters. The third-order valence-corrected chi connectivity index (χ3v) is 3.97. The van der Waals surface area contributed by atoms with Crippen molar-refractivity contribution in [3.63, 3.8) is 0 Å². The molecule has 136 valence electrons. The van der Waals surface area contributed by atoms with E-state index >= 15 is 0 Å². The second kappa shape index (κ2) is 8.48. The summed E-state index contributed by atoms with van der Waals surface area (Å²) >= 11 is 0. The van der Waals surface area contributed by atoms with Crippen molar-refractivity contribution in [1.82, 2.24) is 5.32 Å². The number of carbonyl (C=O) groups is 3. The average Bonchev–Trinajstić information content (AvgIpc) is 3.15. The summed E-state index contributed by atoms with van der Waals surface area (Å²) in [5.41, 5.74) is 1.41. The number of methoxy groups -OCH3 is 1. The summed E-state index contributed by atoms with van der Waals surface area (Å²) in [5.74, 6) is -2.23. The van der Waals surface area contributed by atoms with Crippen LogP contribution in [0.1, 0.15) is 30.1 Å². The highest BCUT2D eigenvalue weighted by Crippen LogP contribution is 2.30. The number of carbonyl (C=O) groups excluding carboxylic acids is 3. The summed E-state index contributed by atoms with van der Waals surface area (Å²) in [6.45, 7) is 3.00. The highest BCUT2D eigenvalue weighted by atomic mass is 16.5. The van der Waals surface area contributed by atoms with Crippen molar-refractivity contribution < 1.29 is 24.2 Å². The molecule has 2 amide bonds. The van der Waals surface area contributed by atoms with Crippen LogP contribution < -0.4 is 15.5 Å². The molecule has 1 aliphatic rings. The quantitative estimate of drug-likeness (QED) is 0.528. The standard InChI is InChI=1S/C17H23N3O5/c1-11(10-21)18-15(22)16(23)19-13-9-12(17(24)25-2)5-6-14(13)20-7-3-4-8-20/h5-6,9,11,21H,3-4,7-8,10H2,1-2H3,(H,18,22)(H,19,23). The molecule has 2 rings (SSSR count). The zero-order valence-corrected chi connectivity index (χ0v) is 14.4. The molecule has 1 unspecified atom stereocenters. The number of anilines is 2. The van der Waals surface area contributed by atoms with Gasteiger partial charge in [0.25, 0.3) is 0 Å². The van der Waals surface area contributed by atoms with Gasteiger partial charge in [-0.05, 0) is 38.0 Å². The molecule has 0 spiro atoms. The summed E-state index contributed by atoms with van der Waals surface area (Å²) in [6, 6.07) is 4.34. The minimum atomic E-state index is -0.859. The number of ether oxygens (including phenoxy) is 1. The first-order valence-electron chi connectivity index (χ1n) is 8.16. The number of esters is 1. The topological polar surface area (TPSA) is 108 Å². The molecule has 0 aliphatic carbocycles. The smallest absolute Gasteiger partial charge is 0.337 e. The fourth-order valence-corrected chi connectivity index (χ4v) is 2.63. The molecule has 0 saturated carbocycles. The van der Waals surface area contributed by atoms with Crippen molar-refractivity contribution in [3.8, 4) is 0 Å². The molecule has 25 heavy (non-hydrogen) atoms. The molecule has 0 radical (unpaired) electrons. The fourth-order valence-electron chi connectivity index (χ4n) is 2.63. The Balaban J connectivity index is 2.24. The first-order chi connectivity index (χ1) is 12.0. The molecule has 1 aromatic rings. The van der Waals surface area contributed by atoms with Crippen LogP contribution >= 0.6 is 0 Å². The minimum Gasteiger partial charge on any atom is -0.465 e. The lowest BCUT2D eigenvalue weighted by atomic mass is 10.1. The second-order valence-electron chi connectivity index (χ2n) is 5.93. The average molecular weight is 349 g/mol. The number of nitrogens with one attached hydrogen (secondary N) is 2. The maximum atomic E-state index is 12.1. The molecule has 8 nitrogen and oxygen atoms in total. The summed E-state index contributed by atoms with van der Waals surface area (Å²) in [5, 5.41) is 13.9. The number of benzene rings is 1. The van der Waals surface area contributed by atoms with Gasteiger partial charge in [0, 0.05) is 19.1 Å². The van der Waals surface area contributed by atoms with Crippen molar-refractivity contribution in [2.24, 2.45) is 0 Å². The summed E-state index contributed by atoms with van der Waals surface area (Å²) in [4.78, 5) is 37.9. The summed E-state index contributed by atoms with van der Waals surface area (Å²) < 4.78 is 4.70. The third-order valence-electron chi connectivity index (χ3n) is 3.97. The summed E-state index contributed by atoms with van der Waals surface area (Å²) in [7, 11) is 1.28. The molecule has 1 aromatic carbocycles. The molecule has 8 heteroatoms. The SMILES string of the molecule is COC(=O)c1ccc(N2CCCC2)c(NC(=O)C(=O)NC(C)CO)c1. The van der Waals surface area contributed by atoms with Crippen molar-refractivity contribution >= 4 is 29.2 Å². The lowest BCUT2D eigenvalue weighted by Crippen LogP contribution is -2.42. The lowest BCUT2D eigenvalue weighted by Gasteiger charge is -2.22. The molecular weight excluding hydrogens is 326 g/mol. The summed E-state index contributed by atoms with van der Waals surface area (Å²) in [6.07, 6.45) is 2.08. The largest absolute Gasteiger partial charge is 0.465 e. The minimum absolute atomic E-state index is 0.268. The predicted octanol–water partition coefficient (Wildman–Crippen LogP) is 0.509. The van der Waals surface area contributed by atoms with E-state index in [0.717, 1.165) is 31.6 Å². The first-order valence-corrected chi connectivity index (χ1v) is 8.16. The van der Waals surface area contributed by atoms with Crippen LogP contribution in [0.4, 0.5) is 11.4 Å². The molecule has 1 saturated heterocycles. The van der Waals surface area contributed by atoms with E-state index in [-0.39, 0.29) is 12.2 Å². The number of aliphatic hydroxyl groups is 1. The molecule has 1 heterocycles. The molecular formula is C17H23N3O5. The van der Waals surface area contributed by atoms with Crippen molar-refractivity contribution in [2.75, 3.05) is 37.0 Å². The Kier molecular flexibility index (Phi) is 6.35. The monoisotopic (exact) mass is 349 g/mol. The van der Waals surface area contributed by atoms with E-state index in [1.807, 2.05) is 0 Å². The maximum Gasteiger partial charge on any atom is 0.337 e. The van der Waals surface area contributed by atoms with Crippen LogP contribution in [0.3, 0.4) is 0 Å². The number of aliphatic hydroxyl groups excluding tert-OH is 1. The van der Waals surface area contributed by atoms with Gasteiger partial charge in [0.1, 0.15) is 0 Å². The van der Waals surface area contributed by atoms with E-state index in [1.54, 1.807) is 19.1 Å². The number of hydrogen-bond acceptors (Lipinski definition) is 6. The molecule has 0 bridgehead atoms. The van der Waals surface area contributed by atoms with Crippen LogP contribution in [0.2, 0.25) is 0 Å². The van der Waals surface area contributed by atoms with Crippen LogP contribution in [-0.2, 0) is 14.3 Å². The van der Waals surface area contributed by atoms with Crippen molar-refractivity contribution in [1.29, 1.82) is 0 Å². The third kappa shape index (κ3) is 4.69. The van der Waals surface area contributed by atoms with E-state index in [2.05, 4.69) is 15.5 Å². The van der Waals surface area contributed by atoms with Gasteiger partial charge in [-0.25, -0.2) is 4.79 Å². The first kappa shape index (κ1) is 18.7. The Labute approximate surface area is 146 Å². The van der Waals surface area contributed by atoms with Crippen LogP contribution in [0.25, 0.3) is 0 Å². The van der Waals surface area contributed by atoms with Crippen molar-refractivity contribution in [3.05, 3.63) is 23.8 Å². The lowest BCUT2D eigenvalue weighted by molar-refractivity contribution is -0.136. The van der Waals surface area contributed by atoms with E-state index < -0.39 is 23.8 Å². The van der Waals surface area contributed by atoms with Gasteiger partial charge in [-0.3, -0.25) is 9.59 Å². The van der Waals surface area contributed by atoms with E-state index in [0.29, 0.717) is 5.69 Å². The molecule has 0 aromatic heterocycles. The van der Waals surface area contributed by atoms with E-state index in [9.17, 15) is 14.4 Å². The Morgan fingerprint density at radius 2 is 1.92 bits per heavy atom. The van der Waals surface area contributed by atoms with Gasteiger partial charge in [-0.1, -0.05) is 0 Å².